The smallest absolute Gasteiger partial charge is 0.357 e. The van der Waals surface area contributed by atoms with E-state index in [9.17, 15) is 18.0 Å². The lowest BCUT2D eigenvalue weighted by Gasteiger charge is -2.33. The van der Waals surface area contributed by atoms with E-state index in [1.54, 1.807) is 0 Å². The third-order valence-corrected chi connectivity index (χ3v) is 10.7. The molecule has 0 heterocycles. The van der Waals surface area contributed by atoms with E-state index in [-0.39, 0.29) is 68.7 Å². The van der Waals surface area contributed by atoms with Crippen LogP contribution in [0.3, 0.4) is 0 Å². The maximum absolute atomic E-state index is 12.7. The normalized spacial score (nSPS) is 18.8. The zero-order chi connectivity index (χ0) is 28.1. The van der Waals surface area contributed by atoms with Crippen molar-refractivity contribution in [2.75, 3.05) is 12.4 Å². The van der Waals surface area contributed by atoms with Crippen molar-refractivity contribution < 1.29 is 48.5 Å². The van der Waals surface area contributed by atoms with Gasteiger partial charge in [0.2, 0.25) is 0 Å². The van der Waals surface area contributed by atoms with Gasteiger partial charge in [-0.2, -0.15) is 8.42 Å². The molecule has 1 saturated carbocycles. The molecule has 38 heavy (non-hydrogen) atoms. The number of Topliss-reactive ketones (excluding diaryl/α,β-unsaturated/α-hetero) is 1. The first kappa shape index (κ1) is 30.8. The van der Waals surface area contributed by atoms with Crippen LogP contribution >= 0.6 is 0 Å². The standard InChI is InChI=1S/C30H39IO6S/c1-29(2,3)23-8-12-25(13-9-23)31-26-14-10-24(11-15-26)30(4,5)20-22-19-21(7-16-27(22)32)28(33)37-17-6-18-38(34,35)36/h8-15,21-22H,6-7,16-20H2,1-5H3/p+1. The summed E-state index contributed by atoms with van der Waals surface area (Å²) < 4.78 is 38.4. The Morgan fingerprint density at radius 3 is 2.05 bits per heavy atom. The molecule has 2 aromatic carbocycles. The maximum Gasteiger partial charge on any atom is 0.357 e. The Kier molecular flexibility index (Phi) is 10.2. The quantitative estimate of drug-likeness (QED) is 0.183. The molecule has 0 bridgehead atoms. The van der Waals surface area contributed by atoms with Crippen LogP contribution in [-0.4, -0.2) is 37.1 Å². The predicted octanol–water partition coefficient (Wildman–Crippen LogP) is 2.59. The molecular weight excluding hydrogens is 615 g/mol. The van der Waals surface area contributed by atoms with Gasteiger partial charge in [0.25, 0.3) is 10.1 Å². The third kappa shape index (κ3) is 9.16. The average molecular weight is 656 g/mol. The Balaban J connectivity index is 1.57. The Morgan fingerprint density at radius 1 is 0.974 bits per heavy atom. The molecule has 0 spiro atoms. The maximum atomic E-state index is 12.7. The highest BCUT2D eigenvalue weighted by atomic mass is 127. The number of carbonyl (C=O) groups excluding carboxylic acids is 2. The van der Waals surface area contributed by atoms with Crippen LogP contribution in [0, 0.1) is 19.0 Å². The minimum atomic E-state index is -4.07. The highest BCUT2D eigenvalue weighted by Gasteiger charge is 2.37. The van der Waals surface area contributed by atoms with Crippen LogP contribution in [0.2, 0.25) is 0 Å². The molecule has 2 atom stereocenters. The van der Waals surface area contributed by atoms with Crippen molar-refractivity contribution in [3.8, 4) is 0 Å². The number of carbonyl (C=O) groups is 2. The van der Waals surface area contributed by atoms with Crippen LogP contribution in [-0.2, 0) is 35.3 Å². The molecule has 1 aliphatic carbocycles. The monoisotopic (exact) mass is 655 g/mol. The van der Waals surface area contributed by atoms with E-state index in [4.69, 9.17) is 9.29 Å². The molecule has 0 aromatic heterocycles. The van der Waals surface area contributed by atoms with Gasteiger partial charge in [0.1, 0.15) is 5.78 Å². The Morgan fingerprint density at radius 2 is 1.53 bits per heavy atom. The van der Waals surface area contributed by atoms with Crippen molar-refractivity contribution in [2.45, 2.75) is 77.6 Å². The fourth-order valence-electron chi connectivity index (χ4n) is 4.89. The van der Waals surface area contributed by atoms with Crippen molar-refractivity contribution in [1.82, 2.24) is 0 Å². The van der Waals surface area contributed by atoms with Crippen molar-refractivity contribution >= 4 is 21.9 Å². The Bertz CT molecular complexity index is 1210. The van der Waals surface area contributed by atoms with Gasteiger partial charge in [-0.3, -0.25) is 14.1 Å². The minimum Gasteiger partial charge on any atom is -0.465 e. The molecule has 1 fully saturated rings. The number of hydrogen-bond donors (Lipinski definition) is 1. The lowest BCUT2D eigenvalue weighted by Crippen LogP contribution is -3.61. The molecule has 0 amide bonds. The molecule has 8 heteroatoms. The van der Waals surface area contributed by atoms with E-state index in [1.807, 2.05) is 0 Å². The van der Waals surface area contributed by atoms with Crippen LogP contribution in [0.1, 0.15) is 77.8 Å². The van der Waals surface area contributed by atoms with E-state index in [0.717, 1.165) is 0 Å². The zero-order valence-electron chi connectivity index (χ0n) is 23.0. The highest BCUT2D eigenvalue weighted by Crippen LogP contribution is 2.37. The van der Waals surface area contributed by atoms with Gasteiger partial charge in [0.05, 0.1) is 18.3 Å². The fraction of sp³-hybridized carbons (Fsp3) is 0.533. The van der Waals surface area contributed by atoms with Crippen molar-refractivity contribution in [2.24, 2.45) is 11.8 Å². The summed E-state index contributed by atoms with van der Waals surface area (Å²) in [5.74, 6) is -1.22. The number of hydrogen-bond acceptors (Lipinski definition) is 5. The van der Waals surface area contributed by atoms with E-state index in [2.05, 4.69) is 83.1 Å². The van der Waals surface area contributed by atoms with E-state index in [1.165, 1.54) is 18.3 Å². The van der Waals surface area contributed by atoms with Crippen molar-refractivity contribution in [3.63, 3.8) is 0 Å². The summed E-state index contributed by atoms with van der Waals surface area (Å²) in [6.45, 7) is 10.9. The molecule has 0 saturated heterocycles. The molecule has 6 nitrogen and oxygen atoms in total. The number of esters is 1. The van der Waals surface area contributed by atoms with Gasteiger partial charge < -0.3 is 4.74 Å². The molecule has 208 valence electrons. The number of ketones is 1. The highest BCUT2D eigenvalue weighted by molar-refractivity contribution is 7.85. The van der Waals surface area contributed by atoms with Crippen LogP contribution < -0.4 is 21.2 Å². The average Bonchev–Trinajstić information content (AvgIpc) is 2.82. The molecule has 2 unspecified atom stereocenters. The van der Waals surface area contributed by atoms with Crippen LogP contribution in [0.15, 0.2) is 48.5 Å². The third-order valence-electron chi connectivity index (χ3n) is 7.20. The summed E-state index contributed by atoms with van der Waals surface area (Å²) in [6.07, 6.45) is 1.96. The Labute approximate surface area is 238 Å². The summed E-state index contributed by atoms with van der Waals surface area (Å²) in [4.78, 5) is 25.3. The molecular formula is C30H40IO6S+. The second-order valence-electron chi connectivity index (χ2n) is 11.9. The number of benzene rings is 2. The van der Waals surface area contributed by atoms with Gasteiger partial charge in [0, 0.05) is 12.3 Å². The van der Waals surface area contributed by atoms with Gasteiger partial charge in [-0.1, -0.05) is 58.9 Å². The summed E-state index contributed by atoms with van der Waals surface area (Å²) in [6, 6.07) is 17.7. The van der Waals surface area contributed by atoms with Gasteiger partial charge in [-0.05, 0) is 71.9 Å². The number of rotatable bonds is 10. The predicted molar refractivity (Wildman–Crippen MR) is 144 cm³/mol. The SMILES string of the molecule is CC(C)(C)c1ccc([I+]c2ccc(C(C)(C)CC3CC(C(=O)OCCCS(=O)(=O)O)CCC3=O)cc2)cc1. The summed E-state index contributed by atoms with van der Waals surface area (Å²) >= 11 is -0.275. The largest absolute Gasteiger partial charge is 0.465 e. The number of halogens is 1. The molecule has 3 rings (SSSR count). The van der Waals surface area contributed by atoms with Crippen LogP contribution in [0.5, 0.6) is 0 Å². The van der Waals surface area contributed by atoms with Gasteiger partial charge >= 0.3 is 27.2 Å². The first-order valence-electron chi connectivity index (χ1n) is 13.1. The lowest BCUT2D eigenvalue weighted by molar-refractivity contribution is -0.597. The first-order chi connectivity index (χ1) is 17.6. The van der Waals surface area contributed by atoms with Gasteiger partial charge in [-0.25, -0.2) is 0 Å². The zero-order valence-corrected chi connectivity index (χ0v) is 26.0. The van der Waals surface area contributed by atoms with Gasteiger partial charge in [0.15, 0.2) is 7.14 Å². The van der Waals surface area contributed by atoms with E-state index < -0.39 is 15.9 Å². The van der Waals surface area contributed by atoms with Crippen molar-refractivity contribution in [1.29, 1.82) is 0 Å². The van der Waals surface area contributed by atoms with Crippen LogP contribution in [0.25, 0.3) is 0 Å². The minimum absolute atomic E-state index is 0.0488. The molecule has 2 aromatic rings. The second kappa shape index (κ2) is 12.6. The molecule has 1 aliphatic rings. The number of ether oxygens (including phenoxy) is 1. The van der Waals surface area contributed by atoms with E-state index in [0.29, 0.717) is 25.7 Å². The topological polar surface area (TPSA) is 97.7 Å². The van der Waals surface area contributed by atoms with Crippen molar-refractivity contribution in [3.05, 3.63) is 66.8 Å². The summed E-state index contributed by atoms with van der Waals surface area (Å²) in [7, 11) is -4.07. The summed E-state index contributed by atoms with van der Waals surface area (Å²) in [5, 5.41) is 0. The Hall–Kier alpha value is -1.78. The molecule has 0 aliphatic heterocycles. The van der Waals surface area contributed by atoms with E-state index >= 15 is 0 Å². The second-order valence-corrected chi connectivity index (χ2v) is 16.5. The van der Waals surface area contributed by atoms with Crippen LogP contribution in [0.4, 0.5) is 0 Å². The molecule has 1 N–H and O–H groups in total. The van der Waals surface area contributed by atoms with Gasteiger partial charge in [-0.15, -0.1) is 0 Å². The molecule has 0 radical (unpaired) electrons. The first-order valence-corrected chi connectivity index (χ1v) is 16.9. The lowest BCUT2D eigenvalue weighted by atomic mass is 9.70. The fourth-order valence-corrected chi connectivity index (χ4v) is 7.53. The summed E-state index contributed by atoms with van der Waals surface area (Å²) in [5.41, 5.74) is 2.44.